The van der Waals surface area contributed by atoms with Crippen molar-refractivity contribution >= 4 is 23.2 Å². The van der Waals surface area contributed by atoms with E-state index >= 15 is 0 Å². The van der Waals surface area contributed by atoms with Crippen molar-refractivity contribution < 1.29 is 4.74 Å². The van der Waals surface area contributed by atoms with Crippen LogP contribution in [-0.2, 0) is 4.74 Å². The Kier molecular flexibility index (Phi) is 5.04. The molecule has 5 nitrogen and oxygen atoms in total. The largest absolute Gasteiger partial charge is 0.388 e. The van der Waals surface area contributed by atoms with Crippen molar-refractivity contribution in [2.75, 3.05) is 24.6 Å². The first-order chi connectivity index (χ1) is 9.20. The van der Waals surface area contributed by atoms with E-state index < -0.39 is 0 Å². The van der Waals surface area contributed by atoms with Gasteiger partial charge in [-0.05, 0) is 25.3 Å². The topological polar surface area (TPSA) is 64.3 Å². The van der Waals surface area contributed by atoms with Crippen molar-refractivity contribution in [3.05, 3.63) is 18.0 Å². The number of hydrogen-bond donors (Lipinski definition) is 1. The summed E-state index contributed by atoms with van der Waals surface area (Å²) in [6.45, 7) is 4.72. The molecule has 1 aliphatic rings. The summed E-state index contributed by atoms with van der Waals surface area (Å²) in [6.07, 6.45) is 5.21. The van der Waals surface area contributed by atoms with E-state index in [1.165, 1.54) is 0 Å². The summed E-state index contributed by atoms with van der Waals surface area (Å²) in [6, 6.07) is 1.74. The summed E-state index contributed by atoms with van der Waals surface area (Å²) in [4.78, 5) is 11.2. The smallest absolute Gasteiger partial charge is 0.226 e. The zero-order chi connectivity index (χ0) is 13.7. The minimum Gasteiger partial charge on any atom is -0.388 e. The van der Waals surface area contributed by atoms with Gasteiger partial charge < -0.3 is 15.4 Å². The van der Waals surface area contributed by atoms with E-state index in [0.717, 1.165) is 39.0 Å². The van der Waals surface area contributed by atoms with E-state index in [1.807, 2.05) is 0 Å². The molecule has 1 unspecified atom stereocenters. The van der Waals surface area contributed by atoms with Crippen molar-refractivity contribution in [2.45, 2.75) is 32.3 Å². The molecular formula is C13H20N4OS. The first-order valence-electron chi connectivity index (χ1n) is 6.70. The molecule has 0 radical (unpaired) electrons. The van der Waals surface area contributed by atoms with Crippen LogP contribution in [0.25, 0.3) is 0 Å². The van der Waals surface area contributed by atoms with Crippen LogP contribution in [0.2, 0.25) is 0 Å². The van der Waals surface area contributed by atoms with Crippen molar-refractivity contribution in [1.29, 1.82) is 0 Å². The lowest BCUT2D eigenvalue weighted by Gasteiger charge is -2.32. The summed E-state index contributed by atoms with van der Waals surface area (Å²) in [5.41, 5.74) is 6.23. The summed E-state index contributed by atoms with van der Waals surface area (Å²) in [7, 11) is 0. The summed E-state index contributed by atoms with van der Waals surface area (Å²) in [5.74, 6) is 0.690. The molecule has 0 spiro atoms. The predicted octanol–water partition coefficient (Wildman–Crippen LogP) is 1.51. The Morgan fingerprint density at radius 2 is 2.47 bits per heavy atom. The van der Waals surface area contributed by atoms with Crippen molar-refractivity contribution in [3.8, 4) is 0 Å². The van der Waals surface area contributed by atoms with E-state index in [-0.39, 0.29) is 6.10 Å². The molecule has 6 heteroatoms. The van der Waals surface area contributed by atoms with Crippen molar-refractivity contribution in [2.24, 2.45) is 5.73 Å². The van der Waals surface area contributed by atoms with Crippen LogP contribution >= 0.6 is 12.2 Å². The van der Waals surface area contributed by atoms with Crippen LogP contribution in [0.4, 0.5) is 5.95 Å². The molecule has 1 aliphatic heterocycles. The number of aromatic nitrogens is 2. The molecule has 19 heavy (non-hydrogen) atoms. The second-order valence-electron chi connectivity index (χ2n) is 4.69. The highest BCUT2D eigenvalue weighted by atomic mass is 32.1. The molecular weight excluding hydrogens is 260 g/mol. The number of piperidine rings is 1. The van der Waals surface area contributed by atoms with Crippen molar-refractivity contribution in [3.63, 3.8) is 0 Å². The second-order valence-corrected chi connectivity index (χ2v) is 5.13. The number of hydrogen-bond acceptors (Lipinski definition) is 5. The Balaban J connectivity index is 2.04. The van der Waals surface area contributed by atoms with Gasteiger partial charge in [-0.25, -0.2) is 9.97 Å². The zero-order valence-electron chi connectivity index (χ0n) is 11.2. The predicted molar refractivity (Wildman–Crippen MR) is 79.4 cm³/mol. The molecule has 1 aromatic heterocycles. The van der Waals surface area contributed by atoms with E-state index in [9.17, 15) is 0 Å². The SMILES string of the molecule is CCCOC1CCCN(c2nccc(C(N)=S)n2)C1. The van der Waals surface area contributed by atoms with Gasteiger partial charge in [0.2, 0.25) is 5.95 Å². The molecule has 0 bridgehead atoms. The van der Waals surface area contributed by atoms with Crippen LogP contribution in [0.15, 0.2) is 12.3 Å². The summed E-state index contributed by atoms with van der Waals surface area (Å²) < 4.78 is 5.81. The molecule has 0 saturated carbocycles. The Bertz CT molecular complexity index is 440. The summed E-state index contributed by atoms with van der Waals surface area (Å²) >= 11 is 4.95. The number of thiocarbonyl (C=S) groups is 1. The minimum atomic E-state index is 0.269. The highest BCUT2D eigenvalue weighted by Crippen LogP contribution is 2.18. The van der Waals surface area contributed by atoms with Gasteiger partial charge in [0.1, 0.15) is 10.7 Å². The molecule has 1 aromatic rings. The van der Waals surface area contributed by atoms with Gasteiger partial charge in [0, 0.05) is 25.9 Å². The monoisotopic (exact) mass is 280 g/mol. The molecule has 0 aliphatic carbocycles. The normalized spacial score (nSPS) is 19.4. The molecule has 1 saturated heterocycles. The molecule has 2 N–H and O–H groups in total. The average molecular weight is 280 g/mol. The third-order valence-electron chi connectivity index (χ3n) is 3.11. The first-order valence-corrected chi connectivity index (χ1v) is 7.11. The molecule has 0 aromatic carbocycles. The van der Waals surface area contributed by atoms with Crippen LogP contribution < -0.4 is 10.6 Å². The fraction of sp³-hybridized carbons (Fsp3) is 0.615. The molecule has 2 heterocycles. The third kappa shape index (κ3) is 3.84. The number of anilines is 1. The van der Waals surface area contributed by atoms with E-state index in [1.54, 1.807) is 12.3 Å². The second kappa shape index (κ2) is 6.77. The van der Waals surface area contributed by atoms with Crippen LogP contribution in [-0.4, -0.2) is 40.8 Å². The lowest BCUT2D eigenvalue weighted by molar-refractivity contribution is 0.0437. The van der Waals surface area contributed by atoms with Crippen LogP contribution in [0.1, 0.15) is 31.9 Å². The third-order valence-corrected chi connectivity index (χ3v) is 3.32. The molecule has 104 valence electrons. The van der Waals surface area contributed by atoms with Crippen LogP contribution in [0.5, 0.6) is 0 Å². The average Bonchev–Trinajstić information content (AvgIpc) is 2.45. The van der Waals surface area contributed by atoms with Gasteiger partial charge in [0.25, 0.3) is 0 Å². The molecule has 1 atom stereocenters. The van der Waals surface area contributed by atoms with E-state index in [0.29, 0.717) is 16.6 Å². The number of rotatable bonds is 5. The number of nitrogens with zero attached hydrogens (tertiary/aromatic N) is 3. The van der Waals surface area contributed by atoms with Crippen molar-refractivity contribution in [1.82, 2.24) is 9.97 Å². The van der Waals surface area contributed by atoms with Gasteiger partial charge in [-0.2, -0.15) is 0 Å². The lowest BCUT2D eigenvalue weighted by Crippen LogP contribution is -2.41. The van der Waals surface area contributed by atoms with Crippen LogP contribution in [0.3, 0.4) is 0 Å². The minimum absolute atomic E-state index is 0.269. The quantitative estimate of drug-likeness (QED) is 0.825. The highest BCUT2D eigenvalue weighted by Gasteiger charge is 2.22. The van der Waals surface area contributed by atoms with Gasteiger partial charge >= 0.3 is 0 Å². The maximum Gasteiger partial charge on any atom is 0.226 e. The Morgan fingerprint density at radius 1 is 1.63 bits per heavy atom. The van der Waals surface area contributed by atoms with Gasteiger partial charge in [-0.3, -0.25) is 0 Å². The molecule has 2 rings (SSSR count). The van der Waals surface area contributed by atoms with E-state index in [4.69, 9.17) is 22.7 Å². The Morgan fingerprint density at radius 3 is 3.21 bits per heavy atom. The first kappa shape index (κ1) is 14.1. The Labute approximate surface area is 119 Å². The summed E-state index contributed by atoms with van der Waals surface area (Å²) in [5, 5.41) is 0. The standard InChI is InChI=1S/C13H20N4OS/c1-2-8-18-10-4-3-7-17(9-10)13-15-6-5-11(16-13)12(14)19/h5-6,10H,2-4,7-9H2,1H3,(H2,14,19). The molecule has 0 amide bonds. The zero-order valence-corrected chi connectivity index (χ0v) is 12.0. The maximum atomic E-state index is 5.81. The fourth-order valence-corrected chi connectivity index (χ4v) is 2.29. The maximum absolute atomic E-state index is 5.81. The van der Waals surface area contributed by atoms with Crippen LogP contribution in [0, 0.1) is 0 Å². The lowest BCUT2D eigenvalue weighted by atomic mass is 10.1. The van der Waals surface area contributed by atoms with Gasteiger partial charge in [0.05, 0.1) is 6.10 Å². The highest BCUT2D eigenvalue weighted by molar-refractivity contribution is 7.80. The number of ether oxygens (including phenoxy) is 1. The fourth-order valence-electron chi connectivity index (χ4n) is 2.18. The van der Waals surface area contributed by atoms with Gasteiger partial charge in [-0.15, -0.1) is 0 Å². The number of nitrogens with two attached hydrogens (primary N) is 1. The Hall–Kier alpha value is -1.27. The van der Waals surface area contributed by atoms with E-state index in [2.05, 4.69) is 21.8 Å². The molecule has 1 fully saturated rings. The van der Waals surface area contributed by atoms with Gasteiger partial charge in [0.15, 0.2) is 0 Å². The van der Waals surface area contributed by atoms with Gasteiger partial charge in [-0.1, -0.05) is 19.1 Å².